The average Bonchev–Trinajstić information content (AvgIpc) is 2.73. The molecule has 0 spiro atoms. The van der Waals surface area contributed by atoms with Gasteiger partial charge in [-0.05, 0) is 25.0 Å². The fourth-order valence-corrected chi connectivity index (χ4v) is 3.09. The van der Waals surface area contributed by atoms with E-state index in [-0.39, 0.29) is 16.4 Å². The molecule has 19 heavy (non-hydrogen) atoms. The Bertz CT molecular complexity index is 622. The van der Waals surface area contributed by atoms with Crippen molar-refractivity contribution in [1.29, 1.82) is 0 Å². The Hall–Kier alpha value is -2.01. The minimum Gasteiger partial charge on any atom is -0.476 e. The van der Waals surface area contributed by atoms with Gasteiger partial charge in [0.25, 0.3) is 0 Å². The smallest absolute Gasteiger partial charge is 0.356 e. The van der Waals surface area contributed by atoms with Gasteiger partial charge in [0.1, 0.15) is 9.88 Å². The lowest BCUT2D eigenvalue weighted by Crippen LogP contribution is -2.03. The van der Waals surface area contributed by atoms with Crippen molar-refractivity contribution in [2.24, 2.45) is 0 Å². The van der Waals surface area contributed by atoms with Crippen molar-refractivity contribution in [3.63, 3.8) is 0 Å². The van der Waals surface area contributed by atoms with E-state index in [4.69, 9.17) is 5.11 Å². The summed E-state index contributed by atoms with van der Waals surface area (Å²) in [5.41, 5.74) is 2.78. The molecule has 1 heterocycles. The van der Waals surface area contributed by atoms with Crippen LogP contribution in [0.2, 0.25) is 0 Å². The number of aromatic nitrogens is 1. The van der Waals surface area contributed by atoms with E-state index < -0.39 is 5.97 Å². The molecule has 4 nitrogen and oxygen atoms in total. The largest absolute Gasteiger partial charge is 0.476 e. The second-order valence-corrected chi connectivity index (χ2v) is 5.32. The molecule has 0 atom stereocenters. The van der Waals surface area contributed by atoms with Gasteiger partial charge >= 0.3 is 5.97 Å². The SMILES string of the molecule is CC(=O)c1sc(-c2c(C)cccc2C)nc1C(=O)O. The zero-order valence-corrected chi connectivity index (χ0v) is 11.7. The molecule has 0 fully saturated rings. The number of hydrogen-bond donors (Lipinski definition) is 1. The highest BCUT2D eigenvalue weighted by atomic mass is 32.1. The molecule has 0 amide bonds. The maximum Gasteiger partial charge on any atom is 0.356 e. The van der Waals surface area contributed by atoms with Gasteiger partial charge < -0.3 is 5.11 Å². The summed E-state index contributed by atoms with van der Waals surface area (Å²) >= 11 is 1.14. The van der Waals surface area contributed by atoms with E-state index in [0.29, 0.717) is 5.01 Å². The fraction of sp³-hybridized carbons (Fsp3) is 0.214. The van der Waals surface area contributed by atoms with Gasteiger partial charge in [-0.15, -0.1) is 11.3 Å². The highest BCUT2D eigenvalue weighted by Crippen LogP contribution is 2.33. The predicted octanol–water partition coefficient (Wildman–Crippen LogP) is 3.33. The highest BCUT2D eigenvalue weighted by Gasteiger charge is 2.22. The Morgan fingerprint density at radius 2 is 1.79 bits per heavy atom. The van der Waals surface area contributed by atoms with Crippen LogP contribution >= 0.6 is 11.3 Å². The number of carboxylic acids is 1. The summed E-state index contributed by atoms with van der Waals surface area (Å²) in [6.07, 6.45) is 0. The second kappa shape index (κ2) is 4.93. The standard InChI is InChI=1S/C14H13NO3S/c1-7-5-4-6-8(2)10(7)13-15-11(14(17)18)12(19-13)9(3)16/h4-6H,1-3H3,(H,17,18). The number of aryl methyl sites for hydroxylation is 2. The molecule has 2 rings (SSSR count). The van der Waals surface area contributed by atoms with E-state index >= 15 is 0 Å². The molecule has 98 valence electrons. The molecular weight excluding hydrogens is 262 g/mol. The van der Waals surface area contributed by atoms with Gasteiger partial charge in [0.05, 0.1) is 0 Å². The Balaban J connectivity index is 2.68. The fourth-order valence-electron chi connectivity index (χ4n) is 1.96. The number of benzene rings is 1. The molecule has 0 aliphatic rings. The third-order valence-corrected chi connectivity index (χ3v) is 4.02. The number of ketones is 1. The van der Waals surface area contributed by atoms with E-state index in [1.807, 2.05) is 32.0 Å². The number of aromatic carboxylic acids is 1. The van der Waals surface area contributed by atoms with Crippen LogP contribution in [-0.4, -0.2) is 21.8 Å². The molecule has 1 N–H and O–H groups in total. The number of rotatable bonds is 3. The maximum absolute atomic E-state index is 11.5. The topological polar surface area (TPSA) is 67.3 Å². The molecule has 2 aromatic rings. The van der Waals surface area contributed by atoms with E-state index in [2.05, 4.69) is 4.98 Å². The first-order valence-corrected chi connectivity index (χ1v) is 6.55. The van der Waals surface area contributed by atoms with Gasteiger partial charge in [0.2, 0.25) is 0 Å². The highest BCUT2D eigenvalue weighted by molar-refractivity contribution is 7.17. The summed E-state index contributed by atoms with van der Waals surface area (Å²) in [5, 5.41) is 9.69. The normalized spacial score (nSPS) is 10.5. The van der Waals surface area contributed by atoms with Crippen molar-refractivity contribution >= 4 is 23.1 Å². The number of thiazole rings is 1. The minimum absolute atomic E-state index is 0.157. The number of Topliss-reactive ketones (excluding diaryl/α,β-unsaturated/α-hetero) is 1. The third-order valence-electron chi connectivity index (χ3n) is 2.84. The lowest BCUT2D eigenvalue weighted by Gasteiger charge is -2.05. The van der Waals surface area contributed by atoms with E-state index in [0.717, 1.165) is 28.0 Å². The van der Waals surface area contributed by atoms with Crippen LogP contribution in [0.25, 0.3) is 10.6 Å². The van der Waals surface area contributed by atoms with Crippen molar-refractivity contribution in [3.8, 4) is 10.6 Å². The van der Waals surface area contributed by atoms with Gasteiger partial charge in [-0.3, -0.25) is 4.79 Å². The number of carboxylic acid groups (broad SMARTS) is 1. The van der Waals surface area contributed by atoms with E-state index in [1.165, 1.54) is 6.92 Å². The molecule has 0 unspecified atom stereocenters. The molecule has 0 radical (unpaired) electrons. The number of hydrogen-bond acceptors (Lipinski definition) is 4. The van der Waals surface area contributed by atoms with Crippen LogP contribution in [0.1, 0.15) is 38.2 Å². The molecule has 0 aliphatic carbocycles. The Labute approximate surface area is 114 Å². The molecule has 0 aliphatic heterocycles. The molecule has 1 aromatic heterocycles. The lowest BCUT2D eigenvalue weighted by atomic mass is 10.0. The van der Waals surface area contributed by atoms with Crippen molar-refractivity contribution in [2.75, 3.05) is 0 Å². The molecule has 1 aromatic carbocycles. The van der Waals surface area contributed by atoms with Crippen molar-refractivity contribution in [3.05, 3.63) is 39.9 Å². The van der Waals surface area contributed by atoms with Crippen LogP contribution in [0.5, 0.6) is 0 Å². The zero-order valence-electron chi connectivity index (χ0n) is 10.9. The van der Waals surface area contributed by atoms with Crippen LogP contribution in [-0.2, 0) is 0 Å². The Morgan fingerprint density at radius 3 is 2.21 bits per heavy atom. The second-order valence-electron chi connectivity index (χ2n) is 4.32. The van der Waals surface area contributed by atoms with Gasteiger partial charge in [-0.25, -0.2) is 9.78 Å². The number of nitrogens with zero attached hydrogens (tertiary/aromatic N) is 1. The van der Waals surface area contributed by atoms with Crippen molar-refractivity contribution in [1.82, 2.24) is 4.98 Å². The molecule has 0 saturated heterocycles. The van der Waals surface area contributed by atoms with Crippen LogP contribution in [0.4, 0.5) is 0 Å². The third kappa shape index (κ3) is 2.42. The van der Waals surface area contributed by atoms with Crippen LogP contribution in [0, 0.1) is 13.8 Å². The van der Waals surface area contributed by atoms with E-state index in [1.54, 1.807) is 0 Å². The van der Waals surface area contributed by atoms with Crippen LogP contribution < -0.4 is 0 Å². The number of carbonyl (C=O) groups excluding carboxylic acids is 1. The van der Waals surface area contributed by atoms with E-state index in [9.17, 15) is 9.59 Å². The predicted molar refractivity (Wildman–Crippen MR) is 74.0 cm³/mol. The Kier molecular flexibility index (Phi) is 3.48. The van der Waals surface area contributed by atoms with Crippen molar-refractivity contribution in [2.45, 2.75) is 20.8 Å². The van der Waals surface area contributed by atoms with Gasteiger partial charge in [0, 0.05) is 12.5 Å². The summed E-state index contributed by atoms with van der Waals surface area (Å²) in [6, 6.07) is 5.82. The average molecular weight is 275 g/mol. The first-order chi connectivity index (χ1) is 8.91. The monoisotopic (exact) mass is 275 g/mol. The van der Waals surface area contributed by atoms with Crippen molar-refractivity contribution < 1.29 is 14.7 Å². The van der Waals surface area contributed by atoms with Gasteiger partial charge in [0.15, 0.2) is 11.5 Å². The summed E-state index contributed by atoms with van der Waals surface area (Å²) in [4.78, 5) is 26.9. The molecular formula is C14H13NO3S. The Morgan fingerprint density at radius 1 is 1.21 bits per heavy atom. The first kappa shape index (κ1) is 13.4. The summed E-state index contributed by atoms with van der Waals surface area (Å²) in [7, 11) is 0. The summed E-state index contributed by atoms with van der Waals surface area (Å²) in [6.45, 7) is 5.24. The maximum atomic E-state index is 11.5. The summed E-state index contributed by atoms with van der Waals surface area (Å²) < 4.78 is 0. The molecule has 0 bridgehead atoms. The molecule has 5 heteroatoms. The minimum atomic E-state index is -1.17. The quantitative estimate of drug-likeness (QED) is 0.872. The van der Waals surface area contributed by atoms with Crippen LogP contribution in [0.15, 0.2) is 18.2 Å². The molecule has 0 saturated carbocycles. The van der Waals surface area contributed by atoms with Crippen LogP contribution in [0.3, 0.4) is 0 Å². The summed E-state index contributed by atoms with van der Waals surface area (Å²) in [5.74, 6) is -1.44. The van der Waals surface area contributed by atoms with Gasteiger partial charge in [-0.1, -0.05) is 18.2 Å². The van der Waals surface area contributed by atoms with Gasteiger partial charge in [-0.2, -0.15) is 0 Å². The lowest BCUT2D eigenvalue weighted by molar-refractivity contribution is 0.0687. The zero-order chi connectivity index (χ0) is 14.2. The first-order valence-electron chi connectivity index (χ1n) is 5.73. The number of carbonyl (C=O) groups is 2.